The van der Waals surface area contributed by atoms with E-state index < -0.39 is 11.0 Å². The highest BCUT2D eigenvalue weighted by molar-refractivity contribution is 5.43. The standard InChI is InChI=1S/C11H15NO4/c1-7-6-10(12(14)15)4-5-11(7)16-9(3)8(2)13/h4-6,8-9,13H,1-3H3. The molecule has 0 fully saturated rings. The molecule has 2 atom stereocenters. The Hall–Kier alpha value is -1.62. The monoisotopic (exact) mass is 225 g/mol. The summed E-state index contributed by atoms with van der Waals surface area (Å²) in [5, 5.41) is 19.8. The van der Waals surface area contributed by atoms with Gasteiger partial charge in [0.25, 0.3) is 5.69 Å². The molecule has 0 radical (unpaired) electrons. The highest BCUT2D eigenvalue weighted by atomic mass is 16.6. The SMILES string of the molecule is Cc1cc([N+](=O)[O-])ccc1OC(C)C(C)O. The predicted octanol–water partition coefficient (Wildman–Crippen LogP) is 2.05. The molecule has 1 aromatic rings. The molecule has 0 spiro atoms. The molecule has 0 bridgehead atoms. The maximum atomic E-state index is 10.5. The second kappa shape index (κ2) is 4.94. The minimum absolute atomic E-state index is 0.0366. The van der Waals surface area contributed by atoms with Crippen LogP contribution in [0.4, 0.5) is 5.69 Å². The molecule has 16 heavy (non-hydrogen) atoms. The molecule has 0 saturated carbocycles. The molecule has 0 amide bonds. The molecule has 0 aromatic heterocycles. The van der Waals surface area contributed by atoms with Crippen molar-refractivity contribution in [3.05, 3.63) is 33.9 Å². The second-order valence-electron chi connectivity index (χ2n) is 3.77. The van der Waals surface area contributed by atoms with Crippen molar-refractivity contribution in [1.82, 2.24) is 0 Å². The van der Waals surface area contributed by atoms with Gasteiger partial charge in [-0.3, -0.25) is 10.1 Å². The van der Waals surface area contributed by atoms with E-state index >= 15 is 0 Å². The number of aliphatic hydroxyl groups excluding tert-OH is 1. The molecule has 1 aromatic carbocycles. The van der Waals surface area contributed by atoms with Crippen molar-refractivity contribution in [1.29, 1.82) is 0 Å². The summed E-state index contributed by atoms with van der Waals surface area (Å²) in [6, 6.07) is 4.38. The Morgan fingerprint density at radius 1 is 1.44 bits per heavy atom. The maximum absolute atomic E-state index is 10.5. The lowest BCUT2D eigenvalue weighted by molar-refractivity contribution is -0.384. The van der Waals surface area contributed by atoms with Crippen LogP contribution < -0.4 is 4.74 Å². The number of nitro benzene ring substituents is 1. The van der Waals surface area contributed by atoms with Crippen molar-refractivity contribution in [2.75, 3.05) is 0 Å². The molecule has 0 aliphatic heterocycles. The van der Waals surface area contributed by atoms with Gasteiger partial charge in [0.15, 0.2) is 0 Å². The molecule has 88 valence electrons. The van der Waals surface area contributed by atoms with Gasteiger partial charge >= 0.3 is 0 Å². The lowest BCUT2D eigenvalue weighted by Gasteiger charge is -2.18. The average molecular weight is 225 g/mol. The van der Waals surface area contributed by atoms with E-state index in [1.807, 2.05) is 0 Å². The van der Waals surface area contributed by atoms with E-state index in [2.05, 4.69) is 0 Å². The molecule has 0 heterocycles. The van der Waals surface area contributed by atoms with E-state index in [9.17, 15) is 15.2 Å². The average Bonchev–Trinajstić information content (AvgIpc) is 2.20. The molecule has 5 nitrogen and oxygen atoms in total. The summed E-state index contributed by atoms with van der Waals surface area (Å²) in [5.74, 6) is 0.555. The van der Waals surface area contributed by atoms with Gasteiger partial charge in [-0.2, -0.15) is 0 Å². The first-order chi connectivity index (χ1) is 7.41. The third-order valence-electron chi connectivity index (χ3n) is 2.36. The van der Waals surface area contributed by atoms with Crippen LogP contribution in [0.25, 0.3) is 0 Å². The maximum Gasteiger partial charge on any atom is 0.269 e. The number of non-ortho nitro benzene ring substituents is 1. The zero-order valence-corrected chi connectivity index (χ0v) is 9.51. The Balaban J connectivity index is 2.87. The normalized spacial score (nSPS) is 14.2. The van der Waals surface area contributed by atoms with Gasteiger partial charge in [-0.05, 0) is 32.4 Å². The van der Waals surface area contributed by atoms with Crippen LogP contribution >= 0.6 is 0 Å². The van der Waals surface area contributed by atoms with Gasteiger partial charge in [-0.25, -0.2) is 0 Å². The number of ether oxygens (including phenoxy) is 1. The molecular weight excluding hydrogens is 210 g/mol. The summed E-state index contributed by atoms with van der Waals surface area (Å²) in [7, 11) is 0. The molecule has 0 aliphatic carbocycles. The fourth-order valence-electron chi connectivity index (χ4n) is 1.18. The molecule has 0 aliphatic rings. The van der Waals surface area contributed by atoms with Crippen molar-refractivity contribution in [2.24, 2.45) is 0 Å². The first-order valence-electron chi connectivity index (χ1n) is 5.01. The van der Waals surface area contributed by atoms with Gasteiger partial charge in [0.05, 0.1) is 11.0 Å². The zero-order chi connectivity index (χ0) is 12.3. The number of aryl methyl sites for hydroxylation is 1. The van der Waals surface area contributed by atoms with Crippen LogP contribution in [-0.2, 0) is 0 Å². The van der Waals surface area contributed by atoms with Gasteiger partial charge in [-0.15, -0.1) is 0 Å². The highest BCUT2D eigenvalue weighted by Gasteiger charge is 2.14. The first kappa shape index (κ1) is 12.4. The topological polar surface area (TPSA) is 72.6 Å². The Morgan fingerprint density at radius 3 is 2.50 bits per heavy atom. The number of hydrogen-bond donors (Lipinski definition) is 1. The number of nitrogens with zero attached hydrogens (tertiary/aromatic N) is 1. The molecular formula is C11H15NO4. The van der Waals surface area contributed by atoms with Crippen LogP contribution in [0.1, 0.15) is 19.4 Å². The number of aliphatic hydroxyl groups is 1. The highest BCUT2D eigenvalue weighted by Crippen LogP contribution is 2.24. The van der Waals surface area contributed by atoms with Crippen molar-refractivity contribution in [2.45, 2.75) is 33.0 Å². The van der Waals surface area contributed by atoms with Crippen LogP contribution in [0.5, 0.6) is 5.75 Å². The van der Waals surface area contributed by atoms with E-state index in [1.165, 1.54) is 12.1 Å². The van der Waals surface area contributed by atoms with Crippen molar-refractivity contribution in [3.8, 4) is 5.75 Å². The van der Waals surface area contributed by atoms with Gasteiger partial charge in [0.2, 0.25) is 0 Å². The zero-order valence-electron chi connectivity index (χ0n) is 9.51. The van der Waals surface area contributed by atoms with Gasteiger partial charge in [0, 0.05) is 12.1 Å². The Labute approximate surface area is 93.8 Å². The largest absolute Gasteiger partial charge is 0.488 e. The minimum atomic E-state index is -0.588. The summed E-state index contributed by atoms with van der Waals surface area (Å²) >= 11 is 0. The Morgan fingerprint density at radius 2 is 2.06 bits per heavy atom. The summed E-state index contributed by atoms with van der Waals surface area (Å²) in [6.07, 6.45) is -0.935. The molecule has 1 rings (SSSR count). The van der Waals surface area contributed by atoms with E-state index in [0.717, 1.165) is 0 Å². The van der Waals surface area contributed by atoms with E-state index in [-0.39, 0.29) is 11.8 Å². The Kier molecular flexibility index (Phi) is 3.84. The van der Waals surface area contributed by atoms with Crippen LogP contribution in [0.2, 0.25) is 0 Å². The first-order valence-corrected chi connectivity index (χ1v) is 5.01. The number of hydrogen-bond acceptors (Lipinski definition) is 4. The van der Waals surface area contributed by atoms with Crippen LogP contribution in [0.3, 0.4) is 0 Å². The quantitative estimate of drug-likeness (QED) is 0.628. The third kappa shape index (κ3) is 2.93. The van der Waals surface area contributed by atoms with E-state index in [4.69, 9.17) is 4.74 Å². The molecule has 1 N–H and O–H groups in total. The smallest absolute Gasteiger partial charge is 0.269 e. The van der Waals surface area contributed by atoms with Crippen LogP contribution in [-0.4, -0.2) is 22.2 Å². The van der Waals surface area contributed by atoms with Gasteiger partial charge in [0.1, 0.15) is 11.9 Å². The fourth-order valence-corrected chi connectivity index (χ4v) is 1.18. The molecule has 5 heteroatoms. The van der Waals surface area contributed by atoms with Gasteiger partial charge in [-0.1, -0.05) is 0 Å². The van der Waals surface area contributed by atoms with Crippen molar-refractivity contribution in [3.63, 3.8) is 0 Å². The molecule has 2 unspecified atom stereocenters. The summed E-state index contributed by atoms with van der Waals surface area (Å²) in [4.78, 5) is 10.1. The summed E-state index contributed by atoms with van der Waals surface area (Å²) in [6.45, 7) is 5.11. The van der Waals surface area contributed by atoms with Crippen LogP contribution in [0, 0.1) is 17.0 Å². The van der Waals surface area contributed by atoms with Gasteiger partial charge < -0.3 is 9.84 Å². The summed E-state index contributed by atoms with van der Waals surface area (Å²) in [5.41, 5.74) is 0.719. The van der Waals surface area contributed by atoms with E-state index in [1.54, 1.807) is 26.8 Å². The number of nitro groups is 1. The van der Waals surface area contributed by atoms with Crippen molar-refractivity contribution < 1.29 is 14.8 Å². The summed E-state index contributed by atoms with van der Waals surface area (Å²) < 4.78 is 5.47. The Bertz CT molecular complexity index is 390. The van der Waals surface area contributed by atoms with Crippen molar-refractivity contribution >= 4 is 5.69 Å². The lowest BCUT2D eigenvalue weighted by Crippen LogP contribution is -2.25. The minimum Gasteiger partial charge on any atom is -0.488 e. The second-order valence-corrected chi connectivity index (χ2v) is 3.77. The predicted molar refractivity (Wildman–Crippen MR) is 59.6 cm³/mol. The van der Waals surface area contributed by atoms with E-state index in [0.29, 0.717) is 11.3 Å². The molecule has 0 saturated heterocycles. The lowest BCUT2D eigenvalue weighted by atomic mass is 10.2. The number of rotatable bonds is 4. The fraction of sp³-hybridized carbons (Fsp3) is 0.455. The van der Waals surface area contributed by atoms with Crippen LogP contribution in [0.15, 0.2) is 18.2 Å². The third-order valence-corrected chi connectivity index (χ3v) is 2.36. The number of benzene rings is 1.